The molecule has 0 spiro atoms. The van der Waals surface area contributed by atoms with Gasteiger partial charge in [0.1, 0.15) is 6.10 Å². The fourth-order valence-corrected chi connectivity index (χ4v) is 6.47. The van der Waals surface area contributed by atoms with Crippen LogP contribution < -0.4 is 5.32 Å². The maximum atomic E-state index is 13.2. The summed E-state index contributed by atoms with van der Waals surface area (Å²) in [4.78, 5) is 26.0. The van der Waals surface area contributed by atoms with Crippen LogP contribution in [0.2, 0.25) is 0 Å². The normalized spacial score (nSPS) is 14.3. The lowest BCUT2D eigenvalue weighted by atomic mass is 10.0. The smallest absolute Gasteiger partial charge is 0.306 e. The van der Waals surface area contributed by atoms with Crippen LogP contribution >= 0.6 is 0 Å². The number of aliphatic hydroxyl groups excluding tert-OH is 2. The third-order valence-corrected chi connectivity index (χ3v) is 10.1. The second-order valence-corrected chi connectivity index (χ2v) is 15.6. The highest BCUT2D eigenvalue weighted by Crippen LogP contribution is 2.16. The Bertz CT molecular complexity index is 1240. The Morgan fingerprint density at radius 3 is 1.42 bits per heavy atom. The Morgan fingerprint density at radius 2 is 0.915 bits per heavy atom. The SMILES string of the molecule is CC/C=C/C=C/C=C\C=C/C=C/CCCC(=O)OC(CCCCC/C=C/C=C/C=C/C=C/CCCCC)CC(=O)NC(CO)C(O)CCCCCCCCCCCCC. The molecule has 0 fully saturated rings. The summed E-state index contributed by atoms with van der Waals surface area (Å²) >= 11 is 0. The molecule has 59 heavy (non-hydrogen) atoms. The first-order valence-corrected chi connectivity index (χ1v) is 23.7. The summed E-state index contributed by atoms with van der Waals surface area (Å²) in [6, 6.07) is -0.735. The van der Waals surface area contributed by atoms with Gasteiger partial charge in [0.2, 0.25) is 5.91 Å². The van der Waals surface area contributed by atoms with E-state index in [0.717, 1.165) is 64.2 Å². The van der Waals surface area contributed by atoms with Gasteiger partial charge in [0.05, 0.1) is 25.2 Å². The van der Waals surface area contributed by atoms with Crippen LogP contribution in [0.5, 0.6) is 0 Å². The Morgan fingerprint density at radius 1 is 0.508 bits per heavy atom. The van der Waals surface area contributed by atoms with Crippen molar-refractivity contribution in [1.29, 1.82) is 0 Å². The number of carbonyl (C=O) groups excluding carboxylic acids is 2. The van der Waals surface area contributed by atoms with Crippen molar-refractivity contribution in [3.05, 3.63) is 109 Å². The van der Waals surface area contributed by atoms with E-state index in [1.165, 1.54) is 70.6 Å². The molecule has 3 atom stereocenters. The minimum absolute atomic E-state index is 0.0157. The van der Waals surface area contributed by atoms with E-state index < -0.39 is 18.2 Å². The molecule has 0 aliphatic heterocycles. The van der Waals surface area contributed by atoms with Crippen molar-refractivity contribution in [2.24, 2.45) is 0 Å². The molecular formula is C53H87NO5. The van der Waals surface area contributed by atoms with Crippen LogP contribution in [0.25, 0.3) is 0 Å². The number of allylic oxidation sites excluding steroid dienone is 18. The Labute approximate surface area is 362 Å². The molecule has 0 aliphatic rings. The average Bonchev–Trinajstić information content (AvgIpc) is 3.23. The molecule has 0 aromatic heterocycles. The molecule has 0 aromatic rings. The van der Waals surface area contributed by atoms with Crippen LogP contribution in [0.1, 0.15) is 188 Å². The molecule has 0 rings (SSSR count). The van der Waals surface area contributed by atoms with Gasteiger partial charge in [0, 0.05) is 6.42 Å². The maximum Gasteiger partial charge on any atom is 0.306 e. The van der Waals surface area contributed by atoms with Gasteiger partial charge in [-0.1, -0.05) is 220 Å². The van der Waals surface area contributed by atoms with Gasteiger partial charge in [-0.2, -0.15) is 0 Å². The molecule has 0 saturated heterocycles. The second kappa shape index (κ2) is 45.6. The molecule has 334 valence electrons. The third-order valence-electron chi connectivity index (χ3n) is 10.1. The lowest BCUT2D eigenvalue weighted by Crippen LogP contribution is -2.46. The molecule has 0 aromatic carbocycles. The summed E-state index contributed by atoms with van der Waals surface area (Å²) in [7, 11) is 0. The van der Waals surface area contributed by atoms with E-state index in [2.05, 4.69) is 62.5 Å². The summed E-state index contributed by atoms with van der Waals surface area (Å²) in [5.74, 6) is -0.614. The zero-order valence-electron chi connectivity index (χ0n) is 37.8. The van der Waals surface area contributed by atoms with Gasteiger partial charge in [-0.05, 0) is 64.2 Å². The van der Waals surface area contributed by atoms with Crippen LogP contribution in [0.15, 0.2) is 109 Å². The Balaban J connectivity index is 4.85. The van der Waals surface area contributed by atoms with Crippen LogP contribution in [-0.2, 0) is 14.3 Å². The molecule has 0 saturated carbocycles. The van der Waals surface area contributed by atoms with Gasteiger partial charge in [0.25, 0.3) is 0 Å². The maximum absolute atomic E-state index is 13.2. The van der Waals surface area contributed by atoms with Gasteiger partial charge < -0.3 is 20.3 Å². The number of hydrogen-bond donors (Lipinski definition) is 3. The minimum atomic E-state index is -0.816. The standard InChI is InChI=1S/C53H87NO5/c1-4-7-10-13-16-19-22-24-25-26-28-30-32-35-38-41-44-49(59-53(58)46-43-40-37-34-31-27-23-20-17-14-11-8-5-2)47-52(57)54-50(48-55)51(56)45-42-39-36-33-29-21-18-15-12-9-6-3/h8,11,14,16-17,19-20,22-28,30-31,34,37,49-51,55-56H,4-7,9-10,12-13,15,18,21,29,32-33,35-36,38-48H2,1-3H3,(H,54,57)/b11-8+,17-14+,19-16+,23-20-,24-22+,26-25+,30-28+,31-27-,37-34+. The molecule has 3 N–H and O–H groups in total. The van der Waals surface area contributed by atoms with Crippen LogP contribution in [0.4, 0.5) is 0 Å². The first kappa shape index (κ1) is 55.5. The largest absolute Gasteiger partial charge is 0.462 e. The third kappa shape index (κ3) is 41.1. The van der Waals surface area contributed by atoms with Gasteiger partial charge in [-0.25, -0.2) is 0 Å². The van der Waals surface area contributed by atoms with E-state index in [1.807, 2.05) is 72.9 Å². The van der Waals surface area contributed by atoms with E-state index in [4.69, 9.17) is 4.74 Å². The number of unbranched alkanes of at least 4 members (excludes halogenated alkanes) is 17. The molecule has 1 amide bonds. The highest BCUT2D eigenvalue weighted by atomic mass is 16.5. The highest BCUT2D eigenvalue weighted by Gasteiger charge is 2.24. The van der Waals surface area contributed by atoms with Crippen LogP contribution in [0.3, 0.4) is 0 Å². The molecular weight excluding hydrogens is 731 g/mol. The number of amides is 1. The molecule has 6 heteroatoms. The van der Waals surface area contributed by atoms with Crippen molar-refractivity contribution < 1.29 is 24.5 Å². The van der Waals surface area contributed by atoms with Crippen molar-refractivity contribution in [1.82, 2.24) is 5.32 Å². The van der Waals surface area contributed by atoms with Gasteiger partial charge in [-0.15, -0.1) is 0 Å². The highest BCUT2D eigenvalue weighted by molar-refractivity contribution is 5.77. The van der Waals surface area contributed by atoms with E-state index in [9.17, 15) is 19.8 Å². The number of aliphatic hydroxyl groups is 2. The zero-order chi connectivity index (χ0) is 43.1. The predicted octanol–water partition coefficient (Wildman–Crippen LogP) is 13.9. The van der Waals surface area contributed by atoms with Gasteiger partial charge >= 0.3 is 5.97 Å². The number of ether oxygens (including phenoxy) is 1. The van der Waals surface area contributed by atoms with Crippen molar-refractivity contribution in [3.8, 4) is 0 Å². The van der Waals surface area contributed by atoms with E-state index in [-0.39, 0.29) is 31.3 Å². The molecule has 3 unspecified atom stereocenters. The second-order valence-electron chi connectivity index (χ2n) is 15.6. The van der Waals surface area contributed by atoms with Gasteiger partial charge in [-0.3, -0.25) is 9.59 Å². The topological polar surface area (TPSA) is 95.9 Å². The fraction of sp³-hybridized carbons (Fsp3) is 0.623. The summed E-state index contributed by atoms with van der Waals surface area (Å²) < 4.78 is 5.85. The van der Waals surface area contributed by atoms with Crippen LogP contribution in [-0.4, -0.2) is 46.9 Å². The quantitative estimate of drug-likeness (QED) is 0.0325. The molecule has 0 aliphatic carbocycles. The van der Waals surface area contributed by atoms with E-state index >= 15 is 0 Å². The van der Waals surface area contributed by atoms with Crippen molar-refractivity contribution in [2.45, 2.75) is 206 Å². The Hall–Kier alpha value is -3.48. The first-order chi connectivity index (χ1) is 29.0. The Kier molecular flexibility index (Phi) is 42.9. The van der Waals surface area contributed by atoms with Crippen molar-refractivity contribution in [2.75, 3.05) is 6.61 Å². The number of rotatable bonds is 40. The number of esters is 1. The number of hydrogen-bond acceptors (Lipinski definition) is 5. The molecule has 0 heterocycles. The lowest BCUT2D eigenvalue weighted by Gasteiger charge is -2.24. The van der Waals surface area contributed by atoms with Crippen molar-refractivity contribution >= 4 is 11.9 Å². The minimum Gasteiger partial charge on any atom is -0.462 e. The first-order valence-electron chi connectivity index (χ1n) is 23.7. The summed E-state index contributed by atoms with van der Waals surface area (Å²) in [6.45, 7) is 6.24. The number of nitrogens with one attached hydrogen (secondary N) is 1. The summed E-state index contributed by atoms with van der Waals surface area (Å²) in [5, 5.41) is 23.6. The van der Waals surface area contributed by atoms with E-state index in [1.54, 1.807) is 0 Å². The average molecular weight is 818 g/mol. The predicted molar refractivity (Wildman–Crippen MR) is 254 cm³/mol. The summed E-state index contributed by atoms with van der Waals surface area (Å²) in [5.41, 5.74) is 0. The fourth-order valence-electron chi connectivity index (χ4n) is 6.47. The van der Waals surface area contributed by atoms with Gasteiger partial charge in [0.15, 0.2) is 0 Å². The molecule has 0 radical (unpaired) electrons. The molecule has 6 nitrogen and oxygen atoms in total. The monoisotopic (exact) mass is 818 g/mol. The van der Waals surface area contributed by atoms with Crippen LogP contribution in [0, 0.1) is 0 Å². The lowest BCUT2D eigenvalue weighted by molar-refractivity contribution is -0.151. The number of carbonyl (C=O) groups is 2. The van der Waals surface area contributed by atoms with Crippen molar-refractivity contribution in [3.63, 3.8) is 0 Å². The molecule has 0 bridgehead atoms. The van der Waals surface area contributed by atoms with E-state index in [0.29, 0.717) is 19.3 Å². The summed E-state index contributed by atoms with van der Waals surface area (Å²) in [6.07, 6.45) is 61.4. The zero-order valence-corrected chi connectivity index (χ0v) is 37.8.